The third-order valence-corrected chi connectivity index (χ3v) is 7.37. The fraction of sp³-hybridized carbons (Fsp3) is 0.469. The van der Waals surface area contributed by atoms with Crippen molar-refractivity contribution in [3.63, 3.8) is 0 Å². The minimum atomic E-state index is -0.579. The highest BCUT2D eigenvalue weighted by atomic mass is 16.5. The van der Waals surface area contributed by atoms with Crippen LogP contribution in [-0.4, -0.2) is 61.0 Å². The van der Waals surface area contributed by atoms with Gasteiger partial charge in [0.15, 0.2) is 0 Å². The van der Waals surface area contributed by atoms with E-state index < -0.39 is 6.04 Å². The zero-order chi connectivity index (χ0) is 29.2. The van der Waals surface area contributed by atoms with Crippen molar-refractivity contribution in [3.05, 3.63) is 59.3 Å². The first-order chi connectivity index (χ1) is 19.2. The zero-order valence-electron chi connectivity index (χ0n) is 24.7. The molecule has 8 heteroatoms. The highest BCUT2D eigenvalue weighted by Crippen LogP contribution is 2.31. The molecule has 1 N–H and O–H groups in total. The highest BCUT2D eigenvalue weighted by molar-refractivity contribution is 6.05. The molecule has 0 bridgehead atoms. The molecule has 0 aliphatic rings. The Balaban J connectivity index is 1.94. The average Bonchev–Trinajstić information content (AvgIpc) is 3.24. The second-order valence-electron chi connectivity index (χ2n) is 10.2. The molecule has 0 fully saturated rings. The molecule has 2 amide bonds. The lowest BCUT2D eigenvalue weighted by atomic mass is 10.0. The summed E-state index contributed by atoms with van der Waals surface area (Å²) in [5.41, 5.74) is 2.60. The number of carbonyl (C=O) groups is 3. The van der Waals surface area contributed by atoms with Gasteiger partial charge in [-0.3, -0.25) is 19.0 Å². The number of likely N-dealkylation sites (N-methyl/N-ethyl adjacent to an activating group) is 1. The number of amides is 2. The molecule has 0 radical (unpaired) electrons. The number of nitrogens with zero attached hydrogens (tertiary/aromatic N) is 2. The van der Waals surface area contributed by atoms with Gasteiger partial charge in [-0.25, -0.2) is 0 Å². The smallest absolute Gasteiger partial charge is 0.262 e. The Kier molecular flexibility index (Phi) is 11.2. The van der Waals surface area contributed by atoms with Crippen LogP contribution in [0.4, 0.5) is 0 Å². The Morgan fingerprint density at radius 1 is 0.925 bits per heavy atom. The molecule has 2 aromatic carbocycles. The lowest BCUT2D eigenvalue weighted by molar-refractivity contribution is -0.135. The van der Waals surface area contributed by atoms with Crippen LogP contribution in [0.3, 0.4) is 0 Å². The van der Waals surface area contributed by atoms with E-state index in [2.05, 4.69) is 19.2 Å². The van der Waals surface area contributed by atoms with E-state index in [0.29, 0.717) is 41.2 Å². The van der Waals surface area contributed by atoms with Crippen molar-refractivity contribution in [1.29, 1.82) is 0 Å². The number of methoxy groups -OCH3 is 2. The van der Waals surface area contributed by atoms with Gasteiger partial charge in [-0.2, -0.15) is 0 Å². The fourth-order valence-electron chi connectivity index (χ4n) is 4.97. The summed E-state index contributed by atoms with van der Waals surface area (Å²) in [6.07, 6.45) is 5.43. The number of nitrogens with one attached hydrogen (secondary N) is 1. The predicted molar refractivity (Wildman–Crippen MR) is 158 cm³/mol. The van der Waals surface area contributed by atoms with Gasteiger partial charge in [-0.05, 0) is 67.8 Å². The normalized spacial score (nSPS) is 11.8. The third kappa shape index (κ3) is 7.23. The van der Waals surface area contributed by atoms with Crippen LogP contribution in [0, 0.1) is 6.92 Å². The molecule has 3 rings (SSSR count). The maximum Gasteiger partial charge on any atom is 0.262 e. The Morgan fingerprint density at radius 3 is 2.20 bits per heavy atom. The summed E-state index contributed by atoms with van der Waals surface area (Å²) in [4.78, 5) is 42.0. The number of hydrogen-bond acceptors (Lipinski definition) is 5. The Morgan fingerprint density at radius 2 is 1.57 bits per heavy atom. The van der Waals surface area contributed by atoms with Gasteiger partial charge in [0.2, 0.25) is 11.8 Å². The number of ether oxygens (including phenoxy) is 2. The summed E-state index contributed by atoms with van der Waals surface area (Å²) < 4.78 is 12.3. The largest absolute Gasteiger partial charge is 0.497 e. The van der Waals surface area contributed by atoms with E-state index in [-0.39, 0.29) is 24.1 Å². The molecule has 1 unspecified atom stereocenters. The van der Waals surface area contributed by atoms with Crippen molar-refractivity contribution < 1.29 is 23.9 Å². The number of benzene rings is 2. The van der Waals surface area contributed by atoms with E-state index in [1.165, 1.54) is 0 Å². The lowest BCUT2D eigenvalue weighted by Crippen LogP contribution is -2.48. The van der Waals surface area contributed by atoms with Gasteiger partial charge in [0, 0.05) is 30.2 Å². The molecule has 0 aliphatic heterocycles. The van der Waals surface area contributed by atoms with Crippen molar-refractivity contribution in [2.24, 2.45) is 0 Å². The minimum Gasteiger partial charge on any atom is -0.497 e. The van der Waals surface area contributed by atoms with Crippen LogP contribution >= 0.6 is 0 Å². The molecular formula is C32H43N3O5. The Labute approximate surface area is 237 Å². The monoisotopic (exact) mass is 549 g/mol. The van der Waals surface area contributed by atoms with E-state index in [4.69, 9.17) is 9.47 Å². The summed E-state index contributed by atoms with van der Waals surface area (Å²) in [6, 6.07) is 11.9. The number of unbranched alkanes of at least 4 members (excludes halogenated alkanes) is 3. The van der Waals surface area contributed by atoms with Gasteiger partial charge in [0.25, 0.3) is 5.91 Å². The van der Waals surface area contributed by atoms with Crippen molar-refractivity contribution in [2.75, 3.05) is 27.8 Å². The Hall–Kier alpha value is -3.81. The molecule has 40 heavy (non-hydrogen) atoms. The standard InChI is InChI=1S/C32H43N3O5/c1-7-9-11-12-28(32(38)34(4)19-10-8-2)33-30(36)21-26-22(3)35(29-18-17-25(40-6)20-27(26)29)31(37)23-13-15-24(39-5)16-14-23/h13-18,20,28H,7-12,19,21H2,1-6H3,(H,33,36). The van der Waals surface area contributed by atoms with Crippen molar-refractivity contribution >= 4 is 28.6 Å². The fourth-order valence-corrected chi connectivity index (χ4v) is 4.97. The number of hydrogen-bond donors (Lipinski definition) is 1. The van der Waals surface area contributed by atoms with E-state index >= 15 is 0 Å². The lowest BCUT2D eigenvalue weighted by Gasteiger charge is -2.25. The first kappa shape index (κ1) is 30.7. The zero-order valence-corrected chi connectivity index (χ0v) is 24.7. The molecule has 0 saturated carbocycles. The van der Waals surface area contributed by atoms with Crippen LogP contribution in [0.1, 0.15) is 74.0 Å². The number of carbonyl (C=O) groups excluding carboxylic acids is 3. The number of fused-ring (bicyclic) bond motifs is 1. The SMILES string of the molecule is CCCCCC(NC(=O)Cc1c(C)n(C(=O)c2ccc(OC)cc2)c2ccc(OC)cc12)C(=O)N(C)CCCC. The number of rotatable bonds is 14. The van der Waals surface area contributed by atoms with Crippen molar-refractivity contribution in [2.45, 2.75) is 71.8 Å². The first-order valence-electron chi connectivity index (χ1n) is 14.2. The molecule has 216 valence electrons. The predicted octanol–water partition coefficient (Wildman–Crippen LogP) is 5.52. The van der Waals surface area contributed by atoms with Crippen molar-refractivity contribution in [3.8, 4) is 11.5 Å². The van der Waals surface area contributed by atoms with Crippen LogP contribution in [0.15, 0.2) is 42.5 Å². The highest BCUT2D eigenvalue weighted by Gasteiger charge is 2.26. The Bertz CT molecular complexity index is 1310. The third-order valence-electron chi connectivity index (χ3n) is 7.37. The average molecular weight is 550 g/mol. The molecule has 1 aromatic heterocycles. The maximum atomic E-state index is 13.6. The van der Waals surface area contributed by atoms with Gasteiger partial charge < -0.3 is 19.7 Å². The van der Waals surface area contributed by atoms with Crippen LogP contribution in [-0.2, 0) is 16.0 Å². The molecular weight excluding hydrogens is 506 g/mol. The van der Waals surface area contributed by atoms with Crippen LogP contribution in [0.5, 0.6) is 11.5 Å². The molecule has 8 nitrogen and oxygen atoms in total. The van der Waals surface area contributed by atoms with Gasteiger partial charge in [-0.1, -0.05) is 39.5 Å². The van der Waals surface area contributed by atoms with Crippen molar-refractivity contribution in [1.82, 2.24) is 14.8 Å². The molecule has 0 aliphatic carbocycles. The van der Waals surface area contributed by atoms with Gasteiger partial charge in [0.05, 0.1) is 26.2 Å². The second-order valence-corrected chi connectivity index (χ2v) is 10.2. The summed E-state index contributed by atoms with van der Waals surface area (Å²) in [5.74, 6) is 0.783. The summed E-state index contributed by atoms with van der Waals surface area (Å²) >= 11 is 0. The quantitative estimate of drug-likeness (QED) is 0.268. The second kappa shape index (κ2) is 14.5. The topological polar surface area (TPSA) is 89.9 Å². The summed E-state index contributed by atoms with van der Waals surface area (Å²) in [7, 11) is 4.96. The van der Waals surface area contributed by atoms with Crippen LogP contribution in [0.2, 0.25) is 0 Å². The van der Waals surface area contributed by atoms with Gasteiger partial charge in [0.1, 0.15) is 17.5 Å². The van der Waals surface area contributed by atoms with E-state index in [1.807, 2.05) is 19.1 Å². The first-order valence-corrected chi connectivity index (χ1v) is 14.2. The van der Waals surface area contributed by atoms with Crippen LogP contribution in [0.25, 0.3) is 10.9 Å². The molecule has 1 heterocycles. The summed E-state index contributed by atoms with van der Waals surface area (Å²) in [5, 5.41) is 3.78. The van der Waals surface area contributed by atoms with E-state index in [1.54, 1.807) is 61.1 Å². The number of aromatic nitrogens is 1. The van der Waals surface area contributed by atoms with Crippen LogP contribution < -0.4 is 14.8 Å². The van der Waals surface area contributed by atoms with E-state index in [9.17, 15) is 14.4 Å². The molecule has 0 spiro atoms. The van der Waals surface area contributed by atoms with E-state index in [0.717, 1.165) is 43.1 Å². The molecule has 3 aromatic rings. The maximum absolute atomic E-state index is 13.6. The van der Waals surface area contributed by atoms with Gasteiger partial charge in [-0.15, -0.1) is 0 Å². The minimum absolute atomic E-state index is 0.0363. The molecule has 1 atom stereocenters. The molecule has 0 saturated heterocycles. The van der Waals surface area contributed by atoms with Gasteiger partial charge >= 0.3 is 0 Å². The summed E-state index contributed by atoms with van der Waals surface area (Å²) in [6.45, 7) is 6.71.